The molecule has 45 heavy (non-hydrogen) atoms. The largest absolute Gasteiger partial charge is 2.00 e. The van der Waals surface area contributed by atoms with Gasteiger partial charge in [-0.2, -0.15) is 0 Å². The summed E-state index contributed by atoms with van der Waals surface area (Å²) in [4.78, 5) is 23.8. The van der Waals surface area contributed by atoms with Crippen molar-refractivity contribution in [3.05, 3.63) is 57.6 Å². The van der Waals surface area contributed by atoms with E-state index in [0.29, 0.717) is 46.3 Å². The summed E-state index contributed by atoms with van der Waals surface area (Å²) in [5.74, 6) is 2.17. The van der Waals surface area contributed by atoms with Gasteiger partial charge >= 0.3 is 37.7 Å². The first-order chi connectivity index (χ1) is 20.3. The first-order valence-electron chi connectivity index (χ1n) is 15.8. The summed E-state index contributed by atoms with van der Waals surface area (Å²) in [6.45, 7) is 20.2. The molecule has 0 aromatic heterocycles. The molecular weight excluding hydrogens is 638 g/mol. The van der Waals surface area contributed by atoms with Crippen molar-refractivity contribution < 1.29 is 38.2 Å². The fourth-order valence-corrected chi connectivity index (χ4v) is 7.39. The van der Waals surface area contributed by atoms with Crippen LogP contribution in [0.1, 0.15) is 103 Å². The maximum atomic E-state index is 11.9. The second kappa shape index (κ2) is 20.9. The molecule has 0 amide bonds. The predicted molar refractivity (Wildman–Crippen MR) is 182 cm³/mol. The quantitative estimate of drug-likeness (QED) is 0.137. The topological polar surface area (TPSA) is 139 Å². The Morgan fingerprint density at radius 3 is 0.978 bits per heavy atom. The molecule has 11 heteroatoms. The monoisotopic (exact) mass is 694 g/mol. The van der Waals surface area contributed by atoms with E-state index >= 15 is 0 Å². The van der Waals surface area contributed by atoms with Crippen LogP contribution in [0.3, 0.4) is 0 Å². The van der Waals surface area contributed by atoms with E-state index in [1.165, 1.54) is 0 Å². The van der Waals surface area contributed by atoms with Gasteiger partial charge in [0.05, 0.1) is 13.2 Å². The van der Waals surface area contributed by atoms with Crippen LogP contribution in [-0.2, 0) is 56.2 Å². The Hall–Kier alpha value is -0.400. The molecule has 0 saturated heterocycles. The van der Waals surface area contributed by atoms with Crippen molar-refractivity contribution >= 4 is 52.9 Å². The first kappa shape index (κ1) is 44.6. The normalized spacial score (nSPS) is 14.2. The molecule has 0 aliphatic carbocycles. The van der Waals surface area contributed by atoms with E-state index in [9.17, 15) is 29.1 Å². The third-order valence-electron chi connectivity index (χ3n) is 6.57. The number of hydrogen-bond donors (Lipinski definition) is 2. The van der Waals surface area contributed by atoms with Crippen LogP contribution in [0.5, 0.6) is 11.5 Å². The Bertz CT molecular complexity index is 1120. The van der Waals surface area contributed by atoms with Crippen molar-refractivity contribution in [2.45, 2.75) is 107 Å². The molecule has 0 fully saturated rings. The van der Waals surface area contributed by atoms with Gasteiger partial charge in [-0.1, -0.05) is 79.7 Å². The minimum atomic E-state index is -3.87. The Kier molecular flexibility index (Phi) is 20.7. The molecule has 0 heterocycles. The zero-order chi connectivity index (χ0) is 33.8. The van der Waals surface area contributed by atoms with Gasteiger partial charge in [-0.25, -0.2) is 0 Å². The molecule has 2 aromatic rings. The Labute approximate surface area is 302 Å². The van der Waals surface area contributed by atoms with Gasteiger partial charge in [-0.3, -0.25) is 0 Å². The zero-order valence-electron chi connectivity index (χ0n) is 29.2. The third-order valence-corrected chi connectivity index (χ3v) is 9.38. The molecular formula is C34H56CaO8P2. The van der Waals surface area contributed by atoms with E-state index in [-0.39, 0.29) is 63.3 Å². The van der Waals surface area contributed by atoms with Crippen LogP contribution >= 0.6 is 15.2 Å². The first-order valence-corrected chi connectivity index (χ1v) is 19.3. The number of aromatic hydroxyl groups is 2. The van der Waals surface area contributed by atoms with E-state index in [0.717, 1.165) is 47.9 Å². The zero-order valence-corrected chi connectivity index (χ0v) is 33.2. The van der Waals surface area contributed by atoms with Crippen molar-refractivity contribution in [2.75, 3.05) is 13.2 Å². The molecule has 2 N–H and O–H groups in total. The van der Waals surface area contributed by atoms with Crippen molar-refractivity contribution in [3.63, 3.8) is 0 Å². The van der Waals surface area contributed by atoms with Gasteiger partial charge in [-0.15, -0.1) is 0 Å². The maximum absolute atomic E-state index is 11.9. The summed E-state index contributed by atoms with van der Waals surface area (Å²) >= 11 is 0. The molecule has 2 atom stereocenters. The van der Waals surface area contributed by atoms with E-state index in [1.807, 2.05) is 0 Å². The molecule has 0 bridgehead atoms. The Balaban J connectivity index is 0.000000842. The maximum Gasteiger partial charge on any atom is 2.00 e. The number of phenols is 2. The summed E-state index contributed by atoms with van der Waals surface area (Å²) in [6.07, 6.45) is 2.64. The van der Waals surface area contributed by atoms with Crippen LogP contribution in [0.15, 0.2) is 24.3 Å². The molecule has 2 rings (SSSR count). The minimum Gasteiger partial charge on any atom is -0.778 e. The second-order valence-electron chi connectivity index (χ2n) is 13.3. The van der Waals surface area contributed by atoms with Gasteiger partial charge in [0.1, 0.15) is 26.7 Å². The molecule has 0 aliphatic heterocycles. The van der Waals surface area contributed by atoms with Gasteiger partial charge in [0, 0.05) is 12.3 Å². The van der Waals surface area contributed by atoms with Crippen molar-refractivity contribution in [3.8, 4) is 11.5 Å². The second-order valence-corrected chi connectivity index (χ2v) is 16.9. The van der Waals surface area contributed by atoms with Gasteiger partial charge in [0.25, 0.3) is 0 Å². The molecule has 0 saturated carbocycles. The van der Waals surface area contributed by atoms with Gasteiger partial charge in [0.15, 0.2) is 0 Å². The summed E-state index contributed by atoms with van der Waals surface area (Å²) in [5.41, 5.74) is 4.66. The average Bonchev–Trinajstić information content (AvgIpc) is 2.83. The summed E-state index contributed by atoms with van der Waals surface area (Å²) in [6, 6.07) is 7.18. The summed E-state index contributed by atoms with van der Waals surface area (Å²) in [7, 11) is -7.74. The minimum absolute atomic E-state index is 0. The molecule has 2 aromatic carbocycles. The van der Waals surface area contributed by atoms with Crippen molar-refractivity contribution in [1.29, 1.82) is 0 Å². The molecule has 2 unspecified atom stereocenters. The fourth-order valence-electron chi connectivity index (χ4n) is 5.16. The molecule has 0 spiro atoms. The molecule has 0 radical (unpaired) electrons. The number of benzene rings is 2. The van der Waals surface area contributed by atoms with Crippen LogP contribution in [0.25, 0.3) is 0 Å². The standard InChI is InChI=1S/2C17H29O4P.Ca/c2*1-6-21-22(19,20)11-14-9-15(7-12(2)3)17(18)16(10-14)8-13(4)5;/h2*9-10,12-13,18H,6-8,11H2,1-5H3,(H,19,20);/q;;+2/p-2. The molecule has 252 valence electrons. The molecule has 8 nitrogen and oxygen atoms in total. The van der Waals surface area contributed by atoms with Crippen LogP contribution in [-0.4, -0.2) is 61.2 Å². The van der Waals surface area contributed by atoms with E-state index in [1.54, 1.807) is 38.1 Å². The third kappa shape index (κ3) is 17.5. The van der Waals surface area contributed by atoms with Gasteiger partial charge < -0.3 is 38.2 Å². The fraction of sp³-hybridized carbons (Fsp3) is 0.647. The van der Waals surface area contributed by atoms with E-state index in [2.05, 4.69) is 55.4 Å². The Morgan fingerprint density at radius 2 is 0.800 bits per heavy atom. The van der Waals surface area contributed by atoms with Crippen molar-refractivity contribution in [1.82, 2.24) is 0 Å². The van der Waals surface area contributed by atoms with E-state index in [4.69, 9.17) is 9.05 Å². The van der Waals surface area contributed by atoms with Crippen LogP contribution in [0, 0.1) is 23.7 Å². The van der Waals surface area contributed by atoms with Crippen LogP contribution in [0.4, 0.5) is 0 Å². The summed E-state index contributed by atoms with van der Waals surface area (Å²) < 4.78 is 33.5. The average molecular weight is 695 g/mol. The van der Waals surface area contributed by atoms with Crippen LogP contribution < -0.4 is 9.79 Å². The summed E-state index contributed by atoms with van der Waals surface area (Å²) in [5, 5.41) is 20.9. The number of hydrogen-bond acceptors (Lipinski definition) is 8. The van der Waals surface area contributed by atoms with Gasteiger partial charge in [0.2, 0.25) is 0 Å². The molecule has 0 aliphatic rings. The van der Waals surface area contributed by atoms with Crippen LogP contribution in [0.2, 0.25) is 0 Å². The predicted octanol–water partition coefficient (Wildman–Crippen LogP) is 7.38. The smallest absolute Gasteiger partial charge is 0.778 e. The van der Waals surface area contributed by atoms with E-state index < -0.39 is 15.2 Å². The van der Waals surface area contributed by atoms with Crippen molar-refractivity contribution in [2.24, 2.45) is 23.7 Å². The SMILES string of the molecule is CCOP(=O)([O-])Cc1cc(CC(C)C)c(O)c(CC(C)C)c1.CCOP(=O)([O-])Cc1cc(CC(C)C)c(O)c(CC(C)C)c1.[Ca+2]. The number of rotatable bonds is 16. The van der Waals surface area contributed by atoms with Gasteiger partial charge in [-0.05, 0) is 96.6 Å². The Morgan fingerprint density at radius 1 is 0.578 bits per heavy atom. The number of phenolic OH excluding ortho intramolecular Hbond substituents is 2.